The summed E-state index contributed by atoms with van der Waals surface area (Å²) >= 11 is 0. The van der Waals surface area contributed by atoms with Crippen LogP contribution in [0, 0.1) is 6.92 Å². The van der Waals surface area contributed by atoms with Crippen LogP contribution in [0.5, 0.6) is 0 Å². The molecule has 0 unspecified atom stereocenters. The third-order valence-electron chi connectivity index (χ3n) is 4.92. The second kappa shape index (κ2) is 8.24. The molecule has 2 N–H and O–H groups in total. The number of rotatable bonds is 6. The smallest absolute Gasteiger partial charge is 0.262 e. The van der Waals surface area contributed by atoms with Crippen molar-refractivity contribution < 1.29 is 18.0 Å². The molecule has 0 saturated heterocycles. The molecule has 0 atom stereocenters. The lowest BCUT2D eigenvalue weighted by Crippen LogP contribution is -2.34. The average molecular weight is 416 g/mol. The van der Waals surface area contributed by atoms with Crippen LogP contribution in [0.25, 0.3) is 0 Å². The molecule has 0 aromatic heterocycles. The van der Waals surface area contributed by atoms with Crippen molar-refractivity contribution in [2.24, 2.45) is 0 Å². The molecular formula is C21H25N3O4S. The van der Waals surface area contributed by atoms with Gasteiger partial charge in [-0.2, -0.15) is 0 Å². The highest BCUT2D eigenvalue weighted by atomic mass is 32.2. The summed E-state index contributed by atoms with van der Waals surface area (Å²) in [6, 6.07) is 9.94. The van der Waals surface area contributed by atoms with E-state index in [0.717, 1.165) is 11.3 Å². The summed E-state index contributed by atoms with van der Waals surface area (Å²) in [5.74, 6) is -0.0500. The van der Waals surface area contributed by atoms with E-state index in [9.17, 15) is 18.0 Å². The Balaban J connectivity index is 1.85. The minimum Gasteiger partial charge on any atom is -0.326 e. The molecule has 2 aromatic carbocycles. The first-order valence-corrected chi connectivity index (χ1v) is 11.1. The fourth-order valence-electron chi connectivity index (χ4n) is 3.46. The van der Waals surface area contributed by atoms with Gasteiger partial charge in [-0.25, -0.2) is 8.42 Å². The molecule has 8 heteroatoms. The maximum absolute atomic E-state index is 12.9. The summed E-state index contributed by atoms with van der Waals surface area (Å²) in [4.78, 5) is 25.4. The predicted octanol–water partition coefficient (Wildman–Crippen LogP) is 3.44. The Kier molecular flexibility index (Phi) is 5.93. The average Bonchev–Trinajstić information content (AvgIpc) is 2.67. The van der Waals surface area contributed by atoms with Gasteiger partial charge in [-0.3, -0.25) is 14.3 Å². The van der Waals surface area contributed by atoms with Crippen LogP contribution < -0.4 is 14.9 Å². The third kappa shape index (κ3) is 4.42. The molecule has 0 fully saturated rings. The second-order valence-electron chi connectivity index (χ2n) is 6.97. The summed E-state index contributed by atoms with van der Waals surface area (Å²) in [5.41, 5.74) is 3.33. The van der Waals surface area contributed by atoms with Crippen molar-refractivity contribution in [3.05, 3.63) is 47.5 Å². The molecule has 1 aliphatic heterocycles. The van der Waals surface area contributed by atoms with Gasteiger partial charge >= 0.3 is 0 Å². The Hall–Kier alpha value is -2.87. The highest BCUT2D eigenvalue weighted by Crippen LogP contribution is 2.31. The fourth-order valence-corrected chi connectivity index (χ4v) is 4.74. The number of benzene rings is 2. The Morgan fingerprint density at radius 1 is 1.07 bits per heavy atom. The topological polar surface area (TPSA) is 95.6 Å². The van der Waals surface area contributed by atoms with Crippen LogP contribution in [0.3, 0.4) is 0 Å². The van der Waals surface area contributed by atoms with Crippen molar-refractivity contribution in [2.45, 2.75) is 44.9 Å². The van der Waals surface area contributed by atoms with Crippen molar-refractivity contribution in [2.75, 3.05) is 21.5 Å². The van der Waals surface area contributed by atoms with Crippen LogP contribution >= 0.6 is 0 Å². The summed E-state index contributed by atoms with van der Waals surface area (Å²) < 4.78 is 28.4. The van der Waals surface area contributed by atoms with Gasteiger partial charge in [0, 0.05) is 36.4 Å². The van der Waals surface area contributed by atoms with E-state index >= 15 is 0 Å². The lowest BCUT2D eigenvalue weighted by molar-refractivity contribution is -0.119. The Morgan fingerprint density at radius 3 is 2.45 bits per heavy atom. The van der Waals surface area contributed by atoms with Gasteiger partial charge in [0.15, 0.2) is 0 Å². The minimum absolute atomic E-state index is 0.0826. The third-order valence-corrected chi connectivity index (χ3v) is 6.46. The SMILES string of the molecule is CCC(=O)Nc1ccc(S(=O)(=O)Nc2ccc3c(c2)CCC(=O)N3CC)c(C)c1. The first-order chi connectivity index (χ1) is 13.7. The number of amides is 2. The van der Waals surface area contributed by atoms with Crippen molar-refractivity contribution in [1.29, 1.82) is 0 Å². The molecule has 7 nitrogen and oxygen atoms in total. The number of fused-ring (bicyclic) bond motifs is 1. The van der Waals surface area contributed by atoms with E-state index < -0.39 is 10.0 Å². The number of sulfonamides is 1. The van der Waals surface area contributed by atoms with Crippen molar-refractivity contribution in [3.63, 3.8) is 0 Å². The molecular weight excluding hydrogens is 390 g/mol. The monoisotopic (exact) mass is 415 g/mol. The molecule has 0 bridgehead atoms. The second-order valence-corrected chi connectivity index (χ2v) is 8.62. The Labute approximate surface area is 171 Å². The molecule has 29 heavy (non-hydrogen) atoms. The number of hydrogen-bond donors (Lipinski definition) is 2. The number of carbonyl (C=O) groups excluding carboxylic acids is 2. The van der Waals surface area contributed by atoms with E-state index in [-0.39, 0.29) is 16.7 Å². The van der Waals surface area contributed by atoms with Gasteiger partial charge in [0.1, 0.15) is 0 Å². The minimum atomic E-state index is -3.79. The molecule has 1 heterocycles. The maximum Gasteiger partial charge on any atom is 0.262 e. The van der Waals surface area contributed by atoms with Crippen molar-refractivity contribution in [3.8, 4) is 0 Å². The largest absolute Gasteiger partial charge is 0.326 e. The highest BCUT2D eigenvalue weighted by molar-refractivity contribution is 7.92. The number of nitrogens with zero attached hydrogens (tertiary/aromatic N) is 1. The molecule has 0 saturated carbocycles. The maximum atomic E-state index is 12.9. The molecule has 0 aliphatic carbocycles. The first-order valence-electron chi connectivity index (χ1n) is 9.61. The number of aryl methyl sites for hydroxylation is 2. The van der Waals surface area contributed by atoms with Crippen LogP contribution in [0.4, 0.5) is 17.1 Å². The van der Waals surface area contributed by atoms with E-state index in [0.29, 0.717) is 42.7 Å². The van der Waals surface area contributed by atoms with E-state index in [1.54, 1.807) is 49.1 Å². The highest BCUT2D eigenvalue weighted by Gasteiger charge is 2.24. The Morgan fingerprint density at radius 2 is 1.79 bits per heavy atom. The zero-order valence-corrected chi connectivity index (χ0v) is 17.6. The predicted molar refractivity (Wildman–Crippen MR) is 114 cm³/mol. The fraction of sp³-hybridized carbons (Fsp3) is 0.333. The molecule has 3 rings (SSSR count). The molecule has 1 aliphatic rings. The normalized spacial score (nSPS) is 13.8. The van der Waals surface area contributed by atoms with E-state index in [2.05, 4.69) is 10.0 Å². The zero-order chi connectivity index (χ0) is 21.2. The van der Waals surface area contributed by atoms with Crippen LogP contribution in [0.15, 0.2) is 41.3 Å². The quantitative estimate of drug-likeness (QED) is 0.755. The molecule has 0 radical (unpaired) electrons. The van der Waals surface area contributed by atoms with Crippen LogP contribution in [0.1, 0.15) is 37.8 Å². The summed E-state index contributed by atoms with van der Waals surface area (Å²) in [6.07, 6.45) is 1.35. The van der Waals surface area contributed by atoms with E-state index in [1.165, 1.54) is 6.07 Å². The van der Waals surface area contributed by atoms with Gasteiger partial charge in [0.05, 0.1) is 4.90 Å². The number of anilines is 3. The summed E-state index contributed by atoms with van der Waals surface area (Å²) in [6.45, 7) is 5.93. The van der Waals surface area contributed by atoms with Crippen molar-refractivity contribution >= 4 is 38.9 Å². The molecule has 154 valence electrons. The van der Waals surface area contributed by atoms with Crippen LogP contribution in [-0.2, 0) is 26.0 Å². The van der Waals surface area contributed by atoms with E-state index in [1.807, 2.05) is 6.92 Å². The number of nitrogens with one attached hydrogen (secondary N) is 2. The summed E-state index contributed by atoms with van der Waals surface area (Å²) in [7, 11) is -3.79. The van der Waals surface area contributed by atoms with Gasteiger partial charge in [-0.15, -0.1) is 0 Å². The Bertz CT molecular complexity index is 1060. The lowest BCUT2D eigenvalue weighted by atomic mass is 10.0. The van der Waals surface area contributed by atoms with Gasteiger partial charge in [0.2, 0.25) is 11.8 Å². The standard InChI is InChI=1S/C21H25N3O4S/c1-4-20(25)22-16-8-10-19(14(3)12-16)29(27,28)23-17-7-9-18-15(13-17)6-11-21(26)24(18)5-2/h7-10,12-13,23H,4-6,11H2,1-3H3,(H,22,25). The van der Waals surface area contributed by atoms with Gasteiger partial charge < -0.3 is 10.2 Å². The van der Waals surface area contributed by atoms with Crippen LogP contribution in [-0.4, -0.2) is 26.8 Å². The van der Waals surface area contributed by atoms with Crippen LogP contribution in [0.2, 0.25) is 0 Å². The van der Waals surface area contributed by atoms with Gasteiger partial charge in [-0.1, -0.05) is 6.92 Å². The zero-order valence-electron chi connectivity index (χ0n) is 16.8. The van der Waals surface area contributed by atoms with Gasteiger partial charge in [0.25, 0.3) is 10.0 Å². The molecule has 2 amide bonds. The van der Waals surface area contributed by atoms with E-state index in [4.69, 9.17) is 0 Å². The number of carbonyl (C=O) groups is 2. The van der Waals surface area contributed by atoms with Crippen molar-refractivity contribution in [1.82, 2.24) is 0 Å². The number of hydrogen-bond acceptors (Lipinski definition) is 4. The van der Waals surface area contributed by atoms with Gasteiger partial charge in [-0.05, 0) is 67.8 Å². The summed E-state index contributed by atoms with van der Waals surface area (Å²) in [5, 5.41) is 2.72. The first kappa shape index (κ1) is 20.9. The lowest BCUT2D eigenvalue weighted by Gasteiger charge is -2.28. The molecule has 2 aromatic rings. The molecule has 0 spiro atoms.